The van der Waals surface area contributed by atoms with Crippen LogP contribution in [0.25, 0.3) is 0 Å². The van der Waals surface area contributed by atoms with Crippen LogP contribution in [-0.2, 0) is 6.54 Å². The minimum Gasteiger partial charge on any atom is -0.497 e. The van der Waals surface area contributed by atoms with Gasteiger partial charge in [-0.3, -0.25) is 9.59 Å². The molecular weight excluding hydrogens is 310 g/mol. The third-order valence-corrected chi connectivity index (χ3v) is 4.88. The largest absolute Gasteiger partial charge is 0.497 e. The molecule has 0 saturated heterocycles. The molecule has 0 spiro atoms. The number of carbonyl (C=O) groups excluding carboxylic acids is 2. The number of carbonyl (C=O) groups is 2. The number of thioether (sulfide) groups is 1. The van der Waals surface area contributed by atoms with E-state index in [9.17, 15) is 9.59 Å². The van der Waals surface area contributed by atoms with Crippen molar-refractivity contribution in [3.8, 4) is 5.75 Å². The molecule has 0 unspecified atom stereocenters. The molecule has 0 bridgehead atoms. The van der Waals surface area contributed by atoms with Gasteiger partial charge < -0.3 is 10.1 Å². The summed E-state index contributed by atoms with van der Waals surface area (Å²) in [5.74, 6) is 1.48. The van der Waals surface area contributed by atoms with Crippen molar-refractivity contribution in [1.82, 2.24) is 5.32 Å². The van der Waals surface area contributed by atoms with Crippen LogP contribution in [0.15, 0.2) is 47.4 Å². The summed E-state index contributed by atoms with van der Waals surface area (Å²) in [6, 6.07) is 12.9. The van der Waals surface area contributed by atoms with Crippen LogP contribution in [0.5, 0.6) is 5.75 Å². The molecule has 1 aliphatic heterocycles. The lowest BCUT2D eigenvalue weighted by Crippen LogP contribution is -2.24. The van der Waals surface area contributed by atoms with E-state index in [4.69, 9.17) is 4.74 Å². The number of rotatable bonds is 4. The molecule has 0 fully saturated rings. The number of nitrogens with one attached hydrogen (secondary N) is 1. The van der Waals surface area contributed by atoms with E-state index in [2.05, 4.69) is 5.32 Å². The van der Waals surface area contributed by atoms with Crippen molar-refractivity contribution >= 4 is 23.5 Å². The molecule has 1 heterocycles. The van der Waals surface area contributed by atoms with Gasteiger partial charge in [-0.1, -0.05) is 24.3 Å². The zero-order valence-electron chi connectivity index (χ0n) is 12.8. The third-order valence-electron chi connectivity index (χ3n) is 3.75. The summed E-state index contributed by atoms with van der Waals surface area (Å²) in [5.41, 5.74) is 2.24. The maximum absolute atomic E-state index is 12.5. The van der Waals surface area contributed by atoms with Crippen LogP contribution in [0.1, 0.15) is 32.7 Å². The Morgan fingerprint density at radius 1 is 1.22 bits per heavy atom. The van der Waals surface area contributed by atoms with Crippen LogP contribution < -0.4 is 10.1 Å². The fraction of sp³-hybridized carbons (Fsp3) is 0.222. The highest BCUT2D eigenvalue weighted by Gasteiger charge is 2.22. The molecule has 5 heteroatoms. The lowest BCUT2D eigenvalue weighted by atomic mass is 10.0. The lowest BCUT2D eigenvalue weighted by Gasteiger charge is -2.17. The highest BCUT2D eigenvalue weighted by Crippen LogP contribution is 2.33. The second-order valence-corrected chi connectivity index (χ2v) is 6.34. The Kier molecular flexibility index (Phi) is 4.67. The van der Waals surface area contributed by atoms with Crippen LogP contribution in [0.2, 0.25) is 0 Å². The average molecular weight is 327 g/mol. The Morgan fingerprint density at radius 3 is 2.74 bits per heavy atom. The van der Waals surface area contributed by atoms with Gasteiger partial charge in [-0.2, -0.15) is 0 Å². The quantitative estimate of drug-likeness (QED) is 0.936. The van der Waals surface area contributed by atoms with Crippen LogP contribution in [0.3, 0.4) is 0 Å². The van der Waals surface area contributed by atoms with Crippen LogP contribution in [0, 0.1) is 0 Å². The molecular formula is C18H17NO3S. The number of methoxy groups -OCH3 is 1. The Bertz CT molecular complexity index is 740. The van der Waals surface area contributed by atoms with Gasteiger partial charge in [0.05, 0.1) is 12.7 Å². The topological polar surface area (TPSA) is 55.4 Å². The molecule has 0 radical (unpaired) electrons. The highest BCUT2D eigenvalue weighted by molar-refractivity contribution is 7.99. The van der Waals surface area contributed by atoms with E-state index in [-0.39, 0.29) is 11.7 Å². The standard InChI is InChI=1S/C18H17NO3S/c1-22-13-7-5-12(6-8-13)11-19-18(21)15-4-2-3-14-16(20)9-10-23-17(14)15/h2-8H,9-11H2,1H3,(H,19,21). The van der Waals surface area contributed by atoms with Gasteiger partial charge in [0.25, 0.3) is 5.91 Å². The monoisotopic (exact) mass is 327 g/mol. The number of amides is 1. The summed E-state index contributed by atoms with van der Waals surface area (Å²) >= 11 is 1.58. The van der Waals surface area contributed by atoms with E-state index in [1.165, 1.54) is 0 Å². The number of hydrogen-bond acceptors (Lipinski definition) is 4. The normalized spacial score (nSPS) is 13.3. The van der Waals surface area contributed by atoms with Crippen LogP contribution >= 0.6 is 11.8 Å². The predicted molar refractivity (Wildman–Crippen MR) is 90.3 cm³/mol. The second-order valence-electron chi connectivity index (χ2n) is 5.23. The smallest absolute Gasteiger partial charge is 0.252 e. The van der Waals surface area contributed by atoms with Crippen LogP contribution in [0.4, 0.5) is 0 Å². The maximum atomic E-state index is 12.5. The lowest BCUT2D eigenvalue weighted by molar-refractivity contribution is 0.0947. The minimum atomic E-state index is -0.153. The SMILES string of the molecule is COc1ccc(CNC(=O)c2cccc3c2SCCC3=O)cc1. The molecule has 0 saturated carbocycles. The van der Waals surface area contributed by atoms with Crippen molar-refractivity contribution in [2.24, 2.45) is 0 Å². The van der Waals surface area contributed by atoms with Crippen LogP contribution in [-0.4, -0.2) is 24.6 Å². The van der Waals surface area contributed by atoms with Gasteiger partial charge in [-0.05, 0) is 23.8 Å². The van der Waals surface area contributed by atoms with Gasteiger partial charge >= 0.3 is 0 Å². The number of benzene rings is 2. The molecule has 1 N–H and O–H groups in total. The van der Waals surface area contributed by atoms with E-state index in [0.717, 1.165) is 22.0 Å². The minimum absolute atomic E-state index is 0.114. The predicted octanol–water partition coefficient (Wildman–Crippen LogP) is 3.30. The van der Waals surface area contributed by atoms with Crippen molar-refractivity contribution in [3.63, 3.8) is 0 Å². The summed E-state index contributed by atoms with van der Waals surface area (Å²) in [5, 5.41) is 2.91. The van der Waals surface area contributed by atoms with E-state index in [0.29, 0.717) is 24.1 Å². The first kappa shape index (κ1) is 15.6. The zero-order chi connectivity index (χ0) is 16.2. The third kappa shape index (κ3) is 3.40. The molecule has 4 nitrogen and oxygen atoms in total. The number of ether oxygens (including phenoxy) is 1. The molecule has 1 amide bonds. The number of hydrogen-bond donors (Lipinski definition) is 1. The summed E-state index contributed by atoms with van der Waals surface area (Å²) in [6.07, 6.45) is 0.536. The molecule has 3 rings (SSSR count). The molecule has 118 valence electrons. The van der Waals surface area contributed by atoms with Crippen molar-refractivity contribution in [3.05, 3.63) is 59.2 Å². The summed E-state index contributed by atoms with van der Waals surface area (Å²) < 4.78 is 5.11. The second kappa shape index (κ2) is 6.87. The van der Waals surface area contributed by atoms with Gasteiger partial charge in [-0.15, -0.1) is 11.8 Å². The van der Waals surface area contributed by atoms with Gasteiger partial charge in [-0.25, -0.2) is 0 Å². The first-order valence-electron chi connectivity index (χ1n) is 7.39. The van der Waals surface area contributed by atoms with Gasteiger partial charge in [0, 0.05) is 29.2 Å². The van der Waals surface area contributed by atoms with Gasteiger partial charge in [0.1, 0.15) is 5.75 Å². The number of ketones is 1. The Morgan fingerprint density at radius 2 is 2.00 bits per heavy atom. The molecule has 23 heavy (non-hydrogen) atoms. The fourth-order valence-electron chi connectivity index (χ4n) is 2.49. The first-order chi connectivity index (χ1) is 11.2. The molecule has 2 aromatic rings. The van der Waals surface area contributed by atoms with Crippen molar-refractivity contribution < 1.29 is 14.3 Å². The maximum Gasteiger partial charge on any atom is 0.252 e. The van der Waals surface area contributed by atoms with Crippen molar-refractivity contribution in [1.29, 1.82) is 0 Å². The number of Topliss-reactive ketones (excluding diaryl/α,β-unsaturated/α-hetero) is 1. The van der Waals surface area contributed by atoms with Gasteiger partial charge in [0.2, 0.25) is 0 Å². The summed E-state index contributed by atoms with van der Waals surface area (Å²) in [4.78, 5) is 25.2. The first-order valence-corrected chi connectivity index (χ1v) is 8.38. The summed E-state index contributed by atoms with van der Waals surface area (Å²) in [7, 11) is 1.62. The Balaban J connectivity index is 1.73. The molecule has 0 aliphatic carbocycles. The molecule has 0 atom stereocenters. The molecule has 2 aromatic carbocycles. The summed E-state index contributed by atoms with van der Waals surface area (Å²) in [6.45, 7) is 0.436. The molecule has 1 aliphatic rings. The molecule has 0 aromatic heterocycles. The van der Waals surface area contributed by atoms with E-state index in [1.54, 1.807) is 37.1 Å². The van der Waals surface area contributed by atoms with Crippen molar-refractivity contribution in [2.45, 2.75) is 17.9 Å². The highest BCUT2D eigenvalue weighted by atomic mass is 32.2. The van der Waals surface area contributed by atoms with E-state index < -0.39 is 0 Å². The Labute approximate surface area is 139 Å². The zero-order valence-corrected chi connectivity index (χ0v) is 13.6. The van der Waals surface area contributed by atoms with Crippen molar-refractivity contribution in [2.75, 3.05) is 12.9 Å². The number of fused-ring (bicyclic) bond motifs is 1. The van der Waals surface area contributed by atoms with Gasteiger partial charge in [0.15, 0.2) is 5.78 Å². The Hall–Kier alpha value is -2.27. The average Bonchev–Trinajstić information content (AvgIpc) is 2.60. The fourth-order valence-corrected chi connectivity index (χ4v) is 3.64. The van der Waals surface area contributed by atoms with E-state index in [1.807, 2.05) is 24.3 Å². The van der Waals surface area contributed by atoms with E-state index >= 15 is 0 Å².